The molecule has 1 heterocycles. The summed E-state index contributed by atoms with van der Waals surface area (Å²) >= 11 is 1.74. The van der Waals surface area contributed by atoms with Gasteiger partial charge in [0.15, 0.2) is 0 Å². The zero-order chi connectivity index (χ0) is 11.1. The average Bonchev–Trinajstić information content (AvgIpc) is 2.29. The predicted octanol–water partition coefficient (Wildman–Crippen LogP) is 1.33. The van der Waals surface area contributed by atoms with Gasteiger partial charge >= 0.3 is 0 Å². The van der Waals surface area contributed by atoms with E-state index in [1.807, 2.05) is 4.90 Å². The Labute approximate surface area is 96.8 Å². The monoisotopic (exact) mass is 230 g/mol. The van der Waals surface area contributed by atoms with E-state index in [0.29, 0.717) is 24.1 Å². The summed E-state index contributed by atoms with van der Waals surface area (Å²) in [6.45, 7) is 4.67. The summed E-state index contributed by atoms with van der Waals surface area (Å²) in [5, 5.41) is 0. The van der Waals surface area contributed by atoms with E-state index < -0.39 is 0 Å². The molecule has 1 aliphatic rings. The molecule has 0 aromatic heterocycles. The molecule has 3 nitrogen and oxygen atoms in total. The number of nitrogens with zero attached hydrogens (tertiary/aromatic N) is 1. The van der Waals surface area contributed by atoms with E-state index in [0.717, 1.165) is 31.7 Å². The van der Waals surface area contributed by atoms with Crippen LogP contribution in [0.15, 0.2) is 0 Å². The predicted molar refractivity (Wildman–Crippen MR) is 66.0 cm³/mol. The Kier molecular flexibility index (Phi) is 6.10. The Morgan fingerprint density at radius 2 is 2.40 bits per heavy atom. The van der Waals surface area contributed by atoms with Gasteiger partial charge in [0.2, 0.25) is 5.91 Å². The number of piperidine rings is 1. The molecule has 4 heteroatoms. The van der Waals surface area contributed by atoms with Gasteiger partial charge in [-0.1, -0.05) is 6.92 Å². The molecule has 0 aromatic carbocycles. The minimum absolute atomic E-state index is 0.298. The van der Waals surface area contributed by atoms with Crippen molar-refractivity contribution in [2.75, 3.05) is 31.1 Å². The van der Waals surface area contributed by atoms with Crippen molar-refractivity contribution < 1.29 is 4.79 Å². The van der Waals surface area contributed by atoms with Gasteiger partial charge < -0.3 is 10.6 Å². The molecule has 1 fully saturated rings. The number of nitrogens with two attached hydrogens (primary N) is 1. The zero-order valence-corrected chi connectivity index (χ0v) is 10.4. The first kappa shape index (κ1) is 12.8. The van der Waals surface area contributed by atoms with Crippen molar-refractivity contribution in [3.63, 3.8) is 0 Å². The molecule has 1 rings (SSSR count). The van der Waals surface area contributed by atoms with Crippen molar-refractivity contribution >= 4 is 17.7 Å². The number of thioether (sulfide) groups is 1. The number of likely N-dealkylation sites (tertiary alicyclic amines) is 1. The van der Waals surface area contributed by atoms with Crippen molar-refractivity contribution in [1.29, 1.82) is 0 Å². The highest BCUT2D eigenvalue weighted by atomic mass is 32.2. The molecule has 0 bridgehead atoms. The van der Waals surface area contributed by atoms with E-state index in [1.165, 1.54) is 6.42 Å². The minimum Gasteiger partial charge on any atom is -0.342 e. The molecule has 1 unspecified atom stereocenters. The summed E-state index contributed by atoms with van der Waals surface area (Å²) in [5.41, 5.74) is 5.64. The fraction of sp³-hybridized carbons (Fsp3) is 0.909. The second-order valence-electron chi connectivity index (χ2n) is 4.14. The number of carbonyl (C=O) groups is 1. The van der Waals surface area contributed by atoms with Gasteiger partial charge in [-0.15, -0.1) is 0 Å². The lowest BCUT2D eigenvalue weighted by molar-refractivity contribution is -0.130. The van der Waals surface area contributed by atoms with E-state index in [1.54, 1.807) is 11.8 Å². The fourth-order valence-electron chi connectivity index (χ4n) is 1.88. The topological polar surface area (TPSA) is 46.3 Å². The first-order chi connectivity index (χ1) is 7.27. The Bertz CT molecular complexity index is 199. The van der Waals surface area contributed by atoms with E-state index in [9.17, 15) is 4.79 Å². The molecule has 1 saturated heterocycles. The third-order valence-corrected chi connectivity index (χ3v) is 3.93. The number of carbonyl (C=O) groups excluding carboxylic acids is 1. The standard InChI is InChI=1S/C11H22N2OS/c1-2-6-15-9-11(14)13-5-3-4-10(7-12)8-13/h10H,2-9,12H2,1H3. The lowest BCUT2D eigenvalue weighted by Crippen LogP contribution is -2.42. The molecule has 1 aliphatic heterocycles. The molecule has 88 valence electrons. The first-order valence-corrected chi connectivity index (χ1v) is 6.99. The summed E-state index contributed by atoms with van der Waals surface area (Å²) in [5.74, 6) is 2.55. The zero-order valence-electron chi connectivity index (χ0n) is 9.58. The van der Waals surface area contributed by atoms with Crippen LogP contribution in [0.4, 0.5) is 0 Å². The van der Waals surface area contributed by atoms with Crippen LogP contribution in [0, 0.1) is 5.92 Å². The molecule has 1 amide bonds. The molecule has 15 heavy (non-hydrogen) atoms. The van der Waals surface area contributed by atoms with Gasteiger partial charge in [0.1, 0.15) is 0 Å². The maximum absolute atomic E-state index is 11.8. The number of hydrogen-bond donors (Lipinski definition) is 1. The molecule has 1 atom stereocenters. The Morgan fingerprint density at radius 3 is 3.07 bits per heavy atom. The van der Waals surface area contributed by atoms with E-state index in [-0.39, 0.29) is 0 Å². The molecular weight excluding hydrogens is 208 g/mol. The maximum atomic E-state index is 11.8. The van der Waals surface area contributed by atoms with Gasteiger partial charge in [-0.05, 0) is 37.5 Å². The number of amides is 1. The van der Waals surface area contributed by atoms with E-state index in [2.05, 4.69) is 6.92 Å². The van der Waals surface area contributed by atoms with Gasteiger partial charge in [0, 0.05) is 13.1 Å². The van der Waals surface area contributed by atoms with Crippen LogP contribution in [0.25, 0.3) is 0 Å². The SMILES string of the molecule is CCCSCC(=O)N1CCCC(CN)C1. The van der Waals surface area contributed by atoms with Crippen LogP contribution in [0.2, 0.25) is 0 Å². The third kappa shape index (κ3) is 4.43. The van der Waals surface area contributed by atoms with Gasteiger partial charge in [-0.2, -0.15) is 11.8 Å². The molecule has 2 N–H and O–H groups in total. The molecular formula is C11H22N2OS. The number of rotatable bonds is 5. The van der Waals surface area contributed by atoms with Crippen molar-refractivity contribution in [3.05, 3.63) is 0 Å². The van der Waals surface area contributed by atoms with Crippen LogP contribution in [-0.2, 0) is 4.79 Å². The molecule has 0 aromatic rings. The normalized spacial score (nSPS) is 21.7. The number of hydrogen-bond acceptors (Lipinski definition) is 3. The maximum Gasteiger partial charge on any atom is 0.232 e. The van der Waals surface area contributed by atoms with Crippen LogP contribution in [0.1, 0.15) is 26.2 Å². The largest absolute Gasteiger partial charge is 0.342 e. The van der Waals surface area contributed by atoms with Gasteiger partial charge in [0.05, 0.1) is 5.75 Å². The second-order valence-corrected chi connectivity index (χ2v) is 5.24. The van der Waals surface area contributed by atoms with Crippen LogP contribution in [0.3, 0.4) is 0 Å². The summed E-state index contributed by atoms with van der Waals surface area (Å²) in [6, 6.07) is 0. The van der Waals surface area contributed by atoms with Crippen molar-refractivity contribution in [2.24, 2.45) is 11.7 Å². The van der Waals surface area contributed by atoms with Crippen LogP contribution >= 0.6 is 11.8 Å². The fourth-order valence-corrected chi connectivity index (χ4v) is 2.67. The second kappa shape index (κ2) is 7.12. The van der Waals surface area contributed by atoms with Gasteiger partial charge in [-0.3, -0.25) is 4.79 Å². The first-order valence-electron chi connectivity index (χ1n) is 5.83. The van der Waals surface area contributed by atoms with Crippen LogP contribution in [0.5, 0.6) is 0 Å². The summed E-state index contributed by atoms with van der Waals surface area (Å²) in [7, 11) is 0. The van der Waals surface area contributed by atoms with Crippen molar-refractivity contribution in [2.45, 2.75) is 26.2 Å². The Morgan fingerprint density at radius 1 is 1.60 bits per heavy atom. The summed E-state index contributed by atoms with van der Waals surface area (Å²) in [6.07, 6.45) is 3.44. The molecule has 0 saturated carbocycles. The summed E-state index contributed by atoms with van der Waals surface area (Å²) < 4.78 is 0. The molecule has 0 spiro atoms. The van der Waals surface area contributed by atoms with Gasteiger partial charge in [-0.25, -0.2) is 0 Å². The van der Waals surface area contributed by atoms with Crippen molar-refractivity contribution in [1.82, 2.24) is 4.90 Å². The van der Waals surface area contributed by atoms with E-state index >= 15 is 0 Å². The third-order valence-electron chi connectivity index (χ3n) is 2.78. The smallest absolute Gasteiger partial charge is 0.232 e. The Hall–Kier alpha value is -0.220. The van der Waals surface area contributed by atoms with Crippen molar-refractivity contribution in [3.8, 4) is 0 Å². The highest BCUT2D eigenvalue weighted by molar-refractivity contribution is 7.99. The highest BCUT2D eigenvalue weighted by Crippen LogP contribution is 2.16. The Balaban J connectivity index is 2.25. The quantitative estimate of drug-likeness (QED) is 0.725. The van der Waals surface area contributed by atoms with Crippen LogP contribution < -0.4 is 5.73 Å². The lowest BCUT2D eigenvalue weighted by Gasteiger charge is -2.32. The van der Waals surface area contributed by atoms with Crippen LogP contribution in [-0.4, -0.2) is 41.9 Å². The highest BCUT2D eigenvalue weighted by Gasteiger charge is 2.22. The lowest BCUT2D eigenvalue weighted by atomic mass is 9.98. The summed E-state index contributed by atoms with van der Waals surface area (Å²) in [4.78, 5) is 13.8. The van der Waals surface area contributed by atoms with Gasteiger partial charge in [0.25, 0.3) is 0 Å². The average molecular weight is 230 g/mol. The molecule has 0 radical (unpaired) electrons. The van der Waals surface area contributed by atoms with E-state index in [4.69, 9.17) is 5.73 Å². The molecule has 0 aliphatic carbocycles. The minimum atomic E-state index is 0.298.